The zero-order valence-corrected chi connectivity index (χ0v) is 16.3. The van der Waals surface area contributed by atoms with Gasteiger partial charge in [0.25, 0.3) is 5.91 Å². The largest absolute Gasteiger partial charge is 0.320 e. The van der Waals surface area contributed by atoms with Crippen LogP contribution < -0.4 is 5.32 Å². The molecule has 0 aliphatic rings. The zero-order chi connectivity index (χ0) is 18.6. The number of carbonyl (C=O) groups is 1. The highest BCUT2D eigenvalue weighted by Gasteiger charge is 2.19. The molecule has 4 rings (SSSR count). The van der Waals surface area contributed by atoms with E-state index in [4.69, 9.17) is 0 Å². The van der Waals surface area contributed by atoms with Crippen molar-refractivity contribution in [3.63, 3.8) is 0 Å². The van der Waals surface area contributed by atoms with Crippen molar-refractivity contribution in [1.29, 1.82) is 0 Å². The van der Waals surface area contributed by atoms with Crippen LogP contribution in [0.4, 0.5) is 5.69 Å². The molecule has 0 saturated carbocycles. The number of amides is 1. The van der Waals surface area contributed by atoms with Gasteiger partial charge in [0.1, 0.15) is 11.4 Å². The average Bonchev–Trinajstić information content (AvgIpc) is 3.39. The first-order valence-electron chi connectivity index (χ1n) is 8.40. The van der Waals surface area contributed by atoms with Gasteiger partial charge >= 0.3 is 0 Å². The quantitative estimate of drug-likeness (QED) is 0.452. The van der Waals surface area contributed by atoms with Crippen LogP contribution in [-0.2, 0) is 0 Å². The van der Waals surface area contributed by atoms with E-state index >= 15 is 0 Å². The third-order valence-electron chi connectivity index (χ3n) is 4.07. The minimum atomic E-state index is -0.185. The molecule has 2 aromatic carbocycles. The van der Waals surface area contributed by atoms with E-state index in [2.05, 4.69) is 10.4 Å². The number of para-hydroxylation sites is 2. The van der Waals surface area contributed by atoms with Gasteiger partial charge < -0.3 is 5.32 Å². The van der Waals surface area contributed by atoms with Crippen LogP contribution in [0.5, 0.6) is 0 Å². The normalized spacial score (nSPS) is 10.7. The highest BCUT2D eigenvalue weighted by Crippen LogP contribution is 2.28. The Hall–Kier alpha value is -2.83. The molecule has 27 heavy (non-hydrogen) atoms. The van der Waals surface area contributed by atoms with E-state index in [9.17, 15) is 4.79 Å². The van der Waals surface area contributed by atoms with Gasteiger partial charge in [0.15, 0.2) is 0 Å². The monoisotopic (exact) mass is 391 g/mol. The zero-order valence-electron chi connectivity index (χ0n) is 14.6. The summed E-state index contributed by atoms with van der Waals surface area (Å²) in [6, 6.07) is 23.3. The number of thioether (sulfide) groups is 1. The number of thiophene rings is 1. The Labute approximate surface area is 165 Å². The van der Waals surface area contributed by atoms with Crippen molar-refractivity contribution in [2.75, 3.05) is 11.6 Å². The van der Waals surface area contributed by atoms with E-state index in [1.165, 1.54) is 0 Å². The van der Waals surface area contributed by atoms with E-state index in [0.717, 1.165) is 26.8 Å². The summed E-state index contributed by atoms with van der Waals surface area (Å²) in [7, 11) is 0. The first-order chi connectivity index (χ1) is 13.3. The van der Waals surface area contributed by atoms with Crippen LogP contribution in [0.2, 0.25) is 0 Å². The van der Waals surface area contributed by atoms with Crippen molar-refractivity contribution in [1.82, 2.24) is 9.78 Å². The molecule has 2 aromatic heterocycles. The molecule has 4 aromatic rings. The van der Waals surface area contributed by atoms with E-state index in [1.54, 1.807) is 27.8 Å². The number of nitrogens with zero attached hydrogens (tertiary/aromatic N) is 2. The summed E-state index contributed by atoms with van der Waals surface area (Å²) in [4.78, 5) is 15.1. The number of benzene rings is 2. The summed E-state index contributed by atoms with van der Waals surface area (Å²) in [6.45, 7) is 0. The van der Waals surface area contributed by atoms with E-state index in [-0.39, 0.29) is 5.91 Å². The average molecular weight is 392 g/mol. The van der Waals surface area contributed by atoms with Crippen molar-refractivity contribution >= 4 is 34.7 Å². The van der Waals surface area contributed by atoms with Gasteiger partial charge in [-0.2, -0.15) is 5.10 Å². The number of anilines is 1. The van der Waals surface area contributed by atoms with Gasteiger partial charge in [-0.15, -0.1) is 23.1 Å². The second-order valence-electron chi connectivity index (χ2n) is 5.79. The minimum Gasteiger partial charge on any atom is -0.320 e. The number of nitrogens with one attached hydrogen (secondary N) is 1. The lowest BCUT2D eigenvalue weighted by Crippen LogP contribution is -2.17. The summed E-state index contributed by atoms with van der Waals surface area (Å²) in [5.41, 5.74) is 2.94. The predicted octanol–water partition coefficient (Wildman–Crippen LogP) is 5.58. The van der Waals surface area contributed by atoms with Crippen LogP contribution in [0, 0.1) is 0 Å². The molecule has 4 nitrogen and oxygen atoms in total. The van der Waals surface area contributed by atoms with Gasteiger partial charge in [0, 0.05) is 4.90 Å². The lowest BCUT2D eigenvalue weighted by Gasteiger charge is -2.10. The number of hydrogen-bond acceptors (Lipinski definition) is 4. The van der Waals surface area contributed by atoms with Gasteiger partial charge in [0.05, 0.1) is 16.3 Å². The fraction of sp³-hybridized carbons (Fsp3) is 0.0476. The fourth-order valence-corrected chi connectivity index (χ4v) is 4.02. The topological polar surface area (TPSA) is 46.9 Å². The molecule has 0 unspecified atom stereocenters. The van der Waals surface area contributed by atoms with Gasteiger partial charge in [-0.3, -0.25) is 4.79 Å². The molecule has 1 amide bonds. The van der Waals surface area contributed by atoms with E-state index in [1.807, 2.05) is 84.4 Å². The Morgan fingerprint density at radius 2 is 1.81 bits per heavy atom. The maximum Gasteiger partial charge on any atom is 0.274 e. The first kappa shape index (κ1) is 17.6. The fourth-order valence-electron chi connectivity index (χ4n) is 2.79. The Kier molecular flexibility index (Phi) is 5.09. The molecule has 0 radical (unpaired) electrons. The summed E-state index contributed by atoms with van der Waals surface area (Å²) >= 11 is 3.21. The number of aromatic nitrogens is 2. The molecule has 1 N–H and O–H groups in total. The van der Waals surface area contributed by atoms with Crippen LogP contribution >= 0.6 is 23.1 Å². The van der Waals surface area contributed by atoms with Crippen LogP contribution in [-0.4, -0.2) is 21.9 Å². The van der Waals surface area contributed by atoms with Crippen molar-refractivity contribution < 1.29 is 4.79 Å². The number of rotatable bonds is 5. The molecule has 0 atom stereocenters. The highest BCUT2D eigenvalue weighted by molar-refractivity contribution is 7.98. The van der Waals surface area contributed by atoms with E-state index in [0.29, 0.717) is 5.69 Å². The number of carbonyl (C=O) groups excluding carboxylic acids is 1. The number of hydrogen-bond donors (Lipinski definition) is 1. The van der Waals surface area contributed by atoms with Crippen molar-refractivity contribution in [3.05, 3.63) is 83.9 Å². The van der Waals surface area contributed by atoms with Gasteiger partial charge in [-0.1, -0.05) is 36.4 Å². The molecular formula is C21H17N3OS2. The summed E-state index contributed by atoms with van der Waals surface area (Å²) < 4.78 is 1.70. The second kappa shape index (κ2) is 7.82. The Morgan fingerprint density at radius 1 is 1.04 bits per heavy atom. The predicted molar refractivity (Wildman–Crippen MR) is 113 cm³/mol. The molecule has 0 saturated heterocycles. The maximum absolute atomic E-state index is 13.1. The SMILES string of the molecule is CSc1ccccc1NC(=O)c1cc(-c2cccs2)nn1-c1ccccc1. The lowest BCUT2D eigenvalue weighted by molar-refractivity contribution is 0.101. The van der Waals surface area contributed by atoms with Gasteiger partial charge in [0.2, 0.25) is 0 Å². The van der Waals surface area contributed by atoms with Gasteiger partial charge in [-0.05, 0) is 48.0 Å². The smallest absolute Gasteiger partial charge is 0.274 e. The minimum absolute atomic E-state index is 0.185. The Bertz CT molecular complexity index is 1060. The highest BCUT2D eigenvalue weighted by atomic mass is 32.2. The molecule has 134 valence electrons. The Morgan fingerprint density at radius 3 is 2.56 bits per heavy atom. The van der Waals surface area contributed by atoms with Crippen LogP contribution in [0.3, 0.4) is 0 Å². The lowest BCUT2D eigenvalue weighted by atomic mass is 10.2. The van der Waals surface area contributed by atoms with Crippen molar-refractivity contribution in [2.45, 2.75) is 4.90 Å². The molecule has 0 spiro atoms. The summed E-state index contributed by atoms with van der Waals surface area (Å²) in [5.74, 6) is -0.185. The molecule has 0 aliphatic heterocycles. The van der Waals surface area contributed by atoms with Crippen molar-refractivity contribution in [3.8, 4) is 16.3 Å². The van der Waals surface area contributed by atoms with Crippen LogP contribution in [0.15, 0.2) is 83.1 Å². The Balaban J connectivity index is 1.75. The standard InChI is InChI=1S/C21H17N3OS2/c1-26-19-11-6-5-10-16(19)22-21(25)18-14-17(20-12-7-13-27-20)23-24(18)15-8-3-2-4-9-15/h2-14H,1H3,(H,22,25). The van der Waals surface area contributed by atoms with Gasteiger partial charge in [-0.25, -0.2) is 4.68 Å². The first-order valence-corrected chi connectivity index (χ1v) is 10.5. The second-order valence-corrected chi connectivity index (χ2v) is 7.59. The molecule has 0 aliphatic carbocycles. The molecule has 2 heterocycles. The molecular weight excluding hydrogens is 374 g/mol. The summed E-state index contributed by atoms with van der Waals surface area (Å²) in [6.07, 6.45) is 1.99. The third-order valence-corrected chi connectivity index (χ3v) is 5.76. The summed E-state index contributed by atoms with van der Waals surface area (Å²) in [5, 5.41) is 9.72. The molecule has 0 bridgehead atoms. The third kappa shape index (κ3) is 3.67. The van der Waals surface area contributed by atoms with Crippen molar-refractivity contribution in [2.24, 2.45) is 0 Å². The van der Waals surface area contributed by atoms with Crippen LogP contribution in [0.1, 0.15) is 10.5 Å². The maximum atomic E-state index is 13.1. The molecule has 0 fully saturated rings. The van der Waals surface area contributed by atoms with Crippen LogP contribution in [0.25, 0.3) is 16.3 Å². The molecule has 6 heteroatoms. The van der Waals surface area contributed by atoms with E-state index < -0.39 is 0 Å².